The molecule has 0 bridgehead atoms. The molecule has 0 aliphatic rings. The highest BCUT2D eigenvalue weighted by molar-refractivity contribution is 7.08. The van der Waals surface area contributed by atoms with Gasteiger partial charge in [0.2, 0.25) is 5.95 Å². The Hall–Kier alpha value is -2.01. The van der Waals surface area contributed by atoms with Crippen LogP contribution in [-0.2, 0) is 0 Å². The van der Waals surface area contributed by atoms with Crippen LogP contribution in [0.4, 0.5) is 5.95 Å². The first-order valence-corrected chi connectivity index (χ1v) is 6.68. The molecule has 92 valence electrons. The van der Waals surface area contributed by atoms with Gasteiger partial charge in [-0.2, -0.15) is 11.3 Å². The lowest BCUT2D eigenvalue weighted by molar-refractivity contribution is 0.344. The summed E-state index contributed by atoms with van der Waals surface area (Å²) < 4.78 is 7.51. The molecule has 3 rings (SSSR count). The van der Waals surface area contributed by atoms with E-state index in [1.807, 2.05) is 46.5 Å². The minimum Gasteiger partial charge on any atom is -0.492 e. The maximum atomic E-state index is 6.01. The average Bonchev–Trinajstić information content (AvgIpc) is 2.96. The maximum Gasteiger partial charge on any atom is 0.206 e. The molecule has 0 unspecified atom stereocenters. The quantitative estimate of drug-likeness (QED) is 0.786. The van der Waals surface area contributed by atoms with Gasteiger partial charge in [0.05, 0.1) is 17.8 Å². The molecule has 0 radical (unpaired) electrons. The summed E-state index contributed by atoms with van der Waals surface area (Å²) in [6, 6.07) is 7.89. The average molecular weight is 259 g/mol. The van der Waals surface area contributed by atoms with Crippen molar-refractivity contribution >= 4 is 28.3 Å². The number of nitrogens with zero attached hydrogens (tertiary/aromatic N) is 2. The number of ether oxygens (including phenoxy) is 1. The van der Waals surface area contributed by atoms with Crippen molar-refractivity contribution in [1.29, 1.82) is 0 Å². The summed E-state index contributed by atoms with van der Waals surface area (Å²) >= 11 is 1.63. The van der Waals surface area contributed by atoms with Gasteiger partial charge in [-0.3, -0.25) is 4.57 Å². The van der Waals surface area contributed by atoms with Gasteiger partial charge in [-0.05, 0) is 30.5 Å². The zero-order valence-corrected chi connectivity index (χ0v) is 10.8. The van der Waals surface area contributed by atoms with Gasteiger partial charge >= 0.3 is 0 Å². The lowest BCUT2D eigenvalue weighted by Crippen LogP contribution is -1.98. The number of nitrogens with two attached hydrogens (primary N) is 1. The predicted octanol–water partition coefficient (Wildman–Crippen LogP) is 3.07. The van der Waals surface area contributed by atoms with E-state index < -0.39 is 0 Å². The second kappa shape index (κ2) is 4.34. The van der Waals surface area contributed by atoms with Crippen LogP contribution in [0.25, 0.3) is 16.7 Å². The molecule has 4 nitrogen and oxygen atoms in total. The molecule has 0 fully saturated rings. The maximum absolute atomic E-state index is 6.01. The molecule has 0 atom stereocenters. The Balaban J connectivity index is 2.27. The van der Waals surface area contributed by atoms with E-state index in [1.54, 1.807) is 11.3 Å². The van der Waals surface area contributed by atoms with Gasteiger partial charge in [-0.25, -0.2) is 4.98 Å². The van der Waals surface area contributed by atoms with Crippen molar-refractivity contribution in [2.45, 2.75) is 6.92 Å². The number of anilines is 1. The van der Waals surface area contributed by atoms with Crippen LogP contribution < -0.4 is 10.5 Å². The van der Waals surface area contributed by atoms with Crippen LogP contribution in [0.2, 0.25) is 0 Å². The summed E-state index contributed by atoms with van der Waals surface area (Å²) in [5.41, 5.74) is 8.82. The standard InChI is InChI=1S/C13H13N3OS/c1-2-17-11-5-3-4-10-12(11)15-13(14)16(10)9-6-7-18-8-9/h3-8H,2H2,1H3,(H2,14,15). The number of imidazole rings is 1. The Kier molecular flexibility index (Phi) is 2.68. The Morgan fingerprint density at radius 3 is 3.00 bits per heavy atom. The molecule has 0 spiro atoms. The van der Waals surface area contributed by atoms with Crippen molar-refractivity contribution in [1.82, 2.24) is 9.55 Å². The summed E-state index contributed by atoms with van der Waals surface area (Å²) in [4.78, 5) is 4.41. The molecular formula is C13H13N3OS. The van der Waals surface area contributed by atoms with E-state index in [0.717, 1.165) is 22.5 Å². The van der Waals surface area contributed by atoms with E-state index in [0.29, 0.717) is 12.6 Å². The minimum absolute atomic E-state index is 0.482. The zero-order valence-electron chi connectivity index (χ0n) is 9.96. The summed E-state index contributed by atoms with van der Waals surface area (Å²) in [5.74, 6) is 1.26. The monoisotopic (exact) mass is 259 g/mol. The first-order valence-electron chi connectivity index (χ1n) is 5.73. The fourth-order valence-corrected chi connectivity index (χ4v) is 2.64. The second-order valence-corrected chi connectivity index (χ2v) is 4.62. The van der Waals surface area contributed by atoms with Crippen LogP contribution in [-0.4, -0.2) is 16.2 Å². The van der Waals surface area contributed by atoms with Crippen molar-refractivity contribution in [3.8, 4) is 11.4 Å². The number of thiophene rings is 1. The number of nitrogen functional groups attached to an aromatic ring is 1. The van der Waals surface area contributed by atoms with Gasteiger partial charge in [0, 0.05) is 5.38 Å². The van der Waals surface area contributed by atoms with E-state index in [9.17, 15) is 0 Å². The lowest BCUT2D eigenvalue weighted by Gasteiger charge is -2.05. The number of para-hydroxylation sites is 1. The third kappa shape index (κ3) is 1.64. The number of benzene rings is 1. The molecule has 2 N–H and O–H groups in total. The normalized spacial score (nSPS) is 10.9. The Morgan fingerprint density at radius 2 is 2.28 bits per heavy atom. The molecule has 0 aliphatic heterocycles. The summed E-state index contributed by atoms with van der Waals surface area (Å²) in [6.45, 7) is 2.57. The summed E-state index contributed by atoms with van der Waals surface area (Å²) in [7, 11) is 0. The third-order valence-corrected chi connectivity index (χ3v) is 3.41. The number of hydrogen-bond donors (Lipinski definition) is 1. The Bertz CT molecular complexity index is 673. The van der Waals surface area contributed by atoms with Crippen molar-refractivity contribution in [3.05, 3.63) is 35.0 Å². The smallest absolute Gasteiger partial charge is 0.206 e. The molecule has 5 heteroatoms. The Morgan fingerprint density at radius 1 is 1.39 bits per heavy atom. The number of fused-ring (bicyclic) bond motifs is 1. The molecule has 2 aromatic heterocycles. The first kappa shape index (κ1) is 11.1. The summed E-state index contributed by atoms with van der Waals surface area (Å²) in [5, 5.41) is 4.07. The highest BCUT2D eigenvalue weighted by Gasteiger charge is 2.13. The van der Waals surface area contributed by atoms with Gasteiger partial charge in [-0.1, -0.05) is 6.07 Å². The number of hydrogen-bond acceptors (Lipinski definition) is 4. The summed E-state index contributed by atoms with van der Waals surface area (Å²) in [6.07, 6.45) is 0. The second-order valence-electron chi connectivity index (χ2n) is 3.84. The molecule has 1 aromatic carbocycles. The SMILES string of the molecule is CCOc1cccc2c1nc(N)n2-c1ccsc1. The minimum atomic E-state index is 0.482. The zero-order chi connectivity index (χ0) is 12.5. The van der Waals surface area contributed by atoms with E-state index >= 15 is 0 Å². The molecular weight excluding hydrogens is 246 g/mol. The van der Waals surface area contributed by atoms with E-state index in [-0.39, 0.29) is 0 Å². The molecule has 18 heavy (non-hydrogen) atoms. The van der Waals surface area contributed by atoms with Crippen molar-refractivity contribution in [3.63, 3.8) is 0 Å². The van der Waals surface area contributed by atoms with Crippen LogP contribution in [0.1, 0.15) is 6.92 Å². The van der Waals surface area contributed by atoms with Crippen molar-refractivity contribution < 1.29 is 4.74 Å². The van der Waals surface area contributed by atoms with Crippen molar-refractivity contribution in [2.24, 2.45) is 0 Å². The van der Waals surface area contributed by atoms with Crippen molar-refractivity contribution in [2.75, 3.05) is 12.3 Å². The van der Waals surface area contributed by atoms with E-state index in [2.05, 4.69) is 4.98 Å². The topological polar surface area (TPSA) is 53.1 Å². The van der Waals surface area contributed by atoms with Gasteiger partial charge in [0.25, 0.3) is 0 Å². The van der Waals surface area contributed by atoms with Crippen LogP contribution >= 0.6 is 11.3 Å². The molecule has 0 aliphatic carbocycles. The highest BCUT2D eigenvalue weighted by Crippen LogP contribution is 2.30. The van der Waals surface area contributed by atoms with E-state index in [1.165, 1.54) is 0 Å². The Labute approximate surface area is 109 Å². The van der Waals surface area contributed by atoms with Gasteiger partial charge in [0.1, 0.15) is 11.3 Å². The molecule has 3 aromatic rings. The predicted molar refractivity (Wildman–Crippen MR) is 74.5 cm³/mol. The molecule has 2 heterocycles. The third-order valence-electron chi connectivity index (χ3n) is 2.74. The molecule has 0 saturated heterocycles. The van der Waals surface area contributed by atoms with Gasteiger partial charge < -0.3 is 10.5 Å². The van der Waals surface area contributed by atoms with Gasteiger partial charge in [0.15, 0.2) is 0 Å². The fraction of sp³-hybridized carbons (Fsp3) is 0.154. The fourth-order valence-electron chi connectivity index (χ4n) is 2.02. The van der Waals surface area contributed by atoms with Crippen LogP contribution in [0.3, 0.4) is 0 Å². The molecule has 0 saturated carbocycles. The first-order chi connectivity index (χ1) is 8.81. The van der Waals surface area contributed by atoms with Gasteiger partial charge in [-0.15, -0.1) is 0 Å². The number of rotatable bonds is 3. The van der Waals surface area contributed by atoms with Crippen LogP contribution in [0, 0.1) is 0 Å². The van der Waals surface area contributed by atoms with Crippen LogP contribution in [0.5, 0.6) is 5.75 Å². The lowest BCUT2D eigenvalue weighted by atomic mass is 10.3. The highest BCUT2D eigenvalue weighted by atomic mass is 32.1. The molecule has 0 amide bonds. The van der Waals surface area contributed by atoms with Crippen LogP contribution in [0.15, 0.2) is 35.0 Å². The number of aromatic nitrogens is 2. The largest absolute Gasteiger partial charge is 0.492 e. The van der Waals surface area contributed by atoms with E-state index in [4.69, 9.17) is 10.5 Å².